The first-order valence-electron chi connectivity index (χ1n) is 10.0. The predicted molar refractivity (Wildman–Crippen MR) is 117 cm³/mol. The van der Waals surface area contributed by atoms with Gasteiger partial charge in [-0.1, -0.05) is 54.2 Å². The standard InChI is InChI=1S/C23H25N3O2S/c1-25-20-10-6-5-9-19(20)24-22(23(25)28)29-16-21(27)26-13-11-18(12-14-26)15-17-7-3-2-4-8-17/h2-10,18H,11-16H2,1H3. The van der Waals surface area contributed by atoms with Crippen LogP contribution in [-0.2, 0) is 18.3 Å². The zero-order chi connectivity index (χ0) is 20.2. The third kappa shape index (κ3) is 4.53. The molecule has 1 aliphatic heterocycles. The fraction of sp³-hybridized carbons (Fsp3) is 0.348. The number of piperidine rings is 1. The molecule has 4 rings (SSSR count). The summed E-state index contributed by atoms with van der Waals surface area (Å²) in [4.78, 5) is 31.6. The topological polar surface area (TPSA) is 55.2 Å². The average Bonchev–Trinajstić information content (AvgIpc) is 2.76. The van der Waals surface area contributed by atoms with Crippen molar-refractivity contribution in [3.8, 4) is 0 Å². The summed E-state index contributed by atoms with van der Waals surface area (Å²) >= 11 is 1.25. The maximum absolute atomic E-state index is 12.7. The minimum absolute atomic E-state index is 0.0881. The highest BCUT2D eigenvalue weighted by molar-refractivity contribution is 7.99. The van der Waals surface area contributed by atoms with Gasteiger partial charge in [0.2, 0.25) is 5.91 Å². The molecule has 2 heterocycles. The highest BCUT2D eigenvalue weighted by atomic mass is 32.2. The maximum Gasteiger partial charge on any atom is 0.283 e. The molecule has 0 bridgehead atoms. The number of carbonyl (C=O) groups is 1. The summed E-state index contributed by atoms with van der Waals surface area (Å²) in [6.07, 6.45) is 3.14. The van der Waals surface area contributed by atoms with Gasteiger partial charge in [-0.25, -0.2) is 4.98 Å². The molecule has 1 amide bonds. The van der Waals surface area contributed by atoms with Crippen LogP contribution in [0.3, 0.4) is 0 Å². The number of hydrogen-bond donors (Lipinski definition) is 0. The van der Waals surface area contributed by atoms with E-state index in [1.807, 2.05) is 35.2 Å². The van der Waals surface area contributed by atoms with Crippen LogP contribution in [0.25, 0.3) is 11.0 Å². The number of hydrogen-bond acceptors (Lipinski definition) is 4. The first-order chi connectivity index (χ1) is 14.1. The van der Waals surface area contributed by atoms with Crippen LogP contribution in [0.4, 0.5) is 0 Å². The van der Waals surface area contributed by atoms with Crippen LogP contribution in [0.15, 0.2) is 64.4 Å². The van der Waals surface area contributed by atoms with Crippen LogP contribution in [0.2, 0.25) is 0 Å². The summed E-state index contributed by atoms with van der Waals surface area (Å²) in [7, 11) is 1.75. The van der Waals surface area contributed by atoms with Gasteiger partial charge >= 0.3 is 0 Å². The summed E-state index contributed by atoms with van der Waals surface area (Å²) in [5, 5.41) is 0.388. The second kappa shape index (κ2) is 8.82. The number of rotatable bonds is 5. The van der Waals surface area contributed by atoms with Gasteiger partial charge in [0.25, 0.3) is 5.56 Å². The number of benzene rings is 2. The highest BCUT2D eigenvalue weighted by Crippen LogP contribution is 2.23. The van der Waals surface area contributed by atoms with Crippen LogP contribution < -0.4 is 5.56 Å². The summed E-state index contributed by atoms with van der Waals surface area (Å²) in [6.45, 7) is 1.58. The molecular formula is C23H25N3O2S. The SMILES string of the molecule is Cn1c(=O)c(SCC(=O)N2CCC(Cc3ccccc3)CC2)nc2ccccc21. The van der Waals surface area contributed by atoms with E-state index in [-0.39, 0.29) is 17.2 Å². The molecule has 1 saturated heterocycles. The molecule has 0 atom stereocenters. The Balaban J connectivity index is 1.33. The Hall–Kier alpha value is -2.60. The number of amides is 1. The van der Waals surface area contributed by atoms with E-state index in [4.69, 9.17) is 0 Å². The lowest BCUT2D eigenvalue weighted by Gasteiger charge is -2.32. The van der Waals surface area contributed by atoms with Crippen molar-refractivity contribution < 1.29 is 4.79 Å². The van der Waals surface area contributed by atoms with Crippen molar-refractivity contribution in [3.05, 3.63) is 70.5 Å². The third-order valence-electron chi connectivity index (χ3n) is 5.62. The molecule has 1 aliphatic rings. The molecule has 1 fully saturated rings. The number of thioether (sulfide) groups is 1. The summed E-state index contributed by atoms with van der Waals surface area (Å²) in [6, 6.07) is 18.1. The molecule has 0 spiro atoms. The first kappa shape index (κ1) is 19.7. The smallest absolute Gasteiger partial charge is 0.283 e. The van der Waals surface area contributed by atoms with E-state index in [1.54, 1.807) is 11.6 Å². The average molecular weight is 408 g/mol. The molecule has 3 aromatic rings. The van der Waals surface area contributed by atoms with Crippen molar-refractivity contribution in [2.45, 2.75) is 24.3 Å². The Morgan fingerprint density at radius 1 is 1.07 bits per heavy atom. The lowest BCUT2D eigenvalue weighted by atomic mass is 9.90. The molecule has 0 saturated carbocycles. The third-order valence-corrected chi connectivity index (χ3v) is 6.55. The van der Waals surface area contributed by atoms with Crippen molar-refractivity contribution >= 4 is 28.7 Å². The van der Waals surface area contributed by atoms with Crippen molar-refractivity contribution in [1.29, 1.82) is 0 Å². The van der Waals surface area contributed by atoms with Crippen LogP contribution in [0, 0.1) is 5.92 Å². The molecule has 2 aromatic carbocycles. The fourth-order valence-corrected chi connectivity index (χ4v) is 4.77. The highest BCUT2D eigenvalue weighted by Gasteiger charge is 2.23. The summed E-state index contributed by atoms with van der Waals surface area (Å²) in [5.41, 5.74) is 2.79. The summed E-state index contributed by atoms with van der Waals surface area (Å²) < 4.78 is 1.60. The van der Waals surface area contributed by atoms with Crippen LogP contribution in [0.5, 0.6) is 0 Å². The van der Waals surface area contributed by atoms with Gasteiger partial charge in [0.1, 0.15) is 0 Å². The number of likely N-dealkylation sites (tertiary alicyclic amines) is 1. The van der Waals surface area contributed by atoms with Gasteiger partial charge in [0.05, 0.1) is 16.8 Å². The molecule has 150 valence electrons. The van der Waals surface area contributed by atoms with Gasteiger partial charge in [-0.2, -0.15) is 0 Å². The molecule has 0 aliphatic carbocycles. The van der Waals surface area contributed by atoms with Crippen LogP contribution in [0.1, 0.15) is 18.4 Å². The second-order valence-corrected chi connectivity index (χ2v) is 8.54. The Bertz CT molecular complexity index is 1060. The molecule has 6 heteroatoms. The van der Waals surface area contributed by atoms with Gasteiger partial charge in [-0.05, 0) is 42.9 Å². The van der Waals surface area contributed by atoms with Gasteiger partial charge in [-0.3, -0.25) is 9.59 Å². The first-order valence-corrected chi connectivity index (χ1v) is 11.0. The lowest BCUT2D eigenvalue weighted by molar-refractivity contribution is -0.129. The largest absolute Gasteiger partial charge is 0.342 e. The molecule has 0 radical (unpaired) electrons. The van der Waals surface area contributed by atoms with Crippen LogP contribution >= 0.6 is 11.8 Å². The number of nitrogens with zero attached hydrogens (tertiary/aromatic N) is 3. The van der Waals surface area contributed by atoms with E-state index >= 15 is 0 Å². The van der Waals surface area contributed by atoms with Gasteiger partial charge in [-0.15, -0.1) is 0 Å². The second-order valence-electron chi connectivity index (χ2n) is 7.57. The van der Waals surface area contributed by atoms with Gasteiger partial charge < -0.3 is 9.47 Å². The number of fused-ring (bicyclic) bond motifs is 1. The minimum Gasteiger partial charge on any atom is -0.342 e. The maximum atomic E-state index is 12.7. The Kier molecular flexibility index (Phi) is 6.00. The van der Waals surface area contributed by atoms with E-state index in [1.165, 1.54) is 17.3 Å². The van der Waals surface area contributed by atoms with Crippen molar-refractivity contribution in [3.63, 3.8) is 0 Å². The lowest BCUT2D eigenvalue weighted by Crippen LogP contribution is -2.40. The van der Waals surface area contributed by atoms with E-state index < -0.39 is 0 Å². The minimum atomic E-state index is -0.150. The summed E-state index contributed by atoms with van der Waals surface area (Å²) in [5.74, 6) is 0.970. The van der Waals surface area contributed by atoms with Crippen LogP contribution in [-0.4, -0.2) is 39.2 Å². The molecule has 1 aromatic heterocycles. The molecule has 0 unspecified atom stereocenters. The number of aryl methyl sites for hydroxylation is 1. The van der Waals surface area contributed by atoms with Gasteiger partial charge in [0, 0.05) is 20.1 Å². The quantitative estimate of drug-likeness (QED) is 0.608. The monoisotopic (exact) mass is 407 g/mol. The fourth-order valence-electron chi connectivity index (χ4n) is 3.90. The Morgan fingerprint density at radius 3 is 2.52 bits per heavy atom. The van der Waals surface area contributed by atoms with Crippen molar-refractivity contribution in [2.75, 3.05) is 18.8 Å². The number of aromatic nitrogens is 2. The molecule has 0 N–H and O–H groups in total. The Morgan fingerprint density at radius 2 is 1.76 bits per heavy atom. The number of para-hydroxylation sites is 2. The van der Waals surface area contributed by atoms with Crippen molar-refractivity contribution in [1.82, 2.24) is 14.5 Å². The van der Waals surface area contributed by atoms with Gasteiger partial charge in [0.15, 0.2) is 5.03 Å². The number of carbonyl (C=O) groups excluding carboxylic acids is 1. The predicted octanol–water partition coefficient (Wildman–Crippen LogP) is 3.51. The molecular weight excluding hydrogens is 382 g/mol. The zero-order valence-electron chi connectivity index (χ0n) is 16.6. The van der Waals surface area contributed by atoms with E-state index in [2.05, 4.69) is 29.2 Å². The van der Waals surface area contributed by atoms with Crippen molar-refractivity contribution in [2.24, 2.45) is 13.0 Å². The van der Waals surface area contributed by atoms with E-state index in [9.17, 15) is 9.59 Å². The van der Waals surface area contributed by atoms with E-state index in [0.717, 1.165) is 43.4 Å². The normalized spacial score (nSPS) is 15.0. The van der Waals surface area contributed by atoms with E-state index in [0.29, 0.717) is 10.9 Å². The zero-order valence-corrected chi connectivity index (χ0v) is 17.4. The molecule has 29 heavy (non-hydrogen) atoms. The Labute approximate surface area is 174 Å². The molecule has 5 nitrogen and oxygen atoms in total.